The third-order valence-corrected chi connectivity index (χ3v) is 6.13. The molecular formula is C13H20N2O6S2. The van der Waals surface area contributed by atoms with E-state index in [1.807, 2.05) is 4.72 Å². The molecule has 0 spiro atoms. The summed E-state index contributed by atoms with van der Waals surface area (Å²) in [7, 11) is -7.17. The summed E-state index contributed by atoms with van der Waals surface area (Å²) < 4.78 is 52.9. The second-order valence-electron chi connectivity index (χ2n) is 5.30. The van der Waals surface area contributed by atoms with Crippen molar-refractivity contribution < 1.29 is 26.7 Å². The number of carboxylic acid groups (broad SMARTS) is 1. The zero-order chi connectivity index (χ0) is 17.8. The van der Waals surface area contributed by atoms with Crippen molar-refractivity contribution in [3.63, 3.8) is 0 Å². The van der Waals surface area contributed by atoms with Gasteiger partial charge in [0.25, 0.3) is 0 Å². The van der Waals surface area contributed by atoms with Gasteiger partial charge in [-0.25, -0.2) is 21.6 Å². The quantitative estimate of drug-likeness (QED) is 0.611. The van der Waals surface area contributed by atoms with Crippen molar-refractivity contribution in [1.29, 1.82) is 0 Å². The topological polar surface area (TPSA) is 130 Å². The maximum Gasteiger partial charge on any atom is 0.321 e. The average molecular weight is 364 g/mol. The van der Waals surface area contributed by atoms with Gasteiger partial charge in [0.1, 0.15) is 15.8 Å². The molecule has 0 bridgehead atoms. The number of hydrogen-bond donors (Lipinski definition) is 3. The van der Waals surface area contributed by atoms with E-state index in [9.17, 15) is 21.6 Å². The van der Waals surface area contributed by atoms with Crippen LogP contribution in [0.5, 0.6) is 0 Å². The van der Waals surface area contributed by atoms with Gasteiger partial charge in [0.2, 0.25) is 20.0 Å². The number of carboxylic acids is 1. The van der Waals surface area contributed by atoms with Crippen LogP contribution in [-0.2, 0) is 24.8 Å². The highest BCUT2D eigenvalue weighted by Crippen LogP contribution is 2.21. The highest BCUT2D eigenvalue weighted by molar-refractivity contribution is 7.92. The largest absolute Gasteiger partial charge is 0.480 e. The Kier molecular flexibility index (Phi) is 6.28. The fourth-order valence-electron chi connectivity index (χ4n) is 1.93. The van der Waals surface area contributed by atoms with Gasteiger partial charge in [0.15, 0.2) is 0 Å². The molecule has 0 aliphatic rings. The molecule has 23 heavy (non-hydrogen) atoms. The van der Waals surface area contributed by atoms with Gasteiger partial charge in [-0.2, -0.15) is 4.72 Å². The van der Waals surface area contributed by atoms with Crippen molar-refractivity contribution >= 4 is 26.0 Å². The number of carbonyl (C=O) groups is 1. The lowest BCUT2D eigenvalue weighted by Gasteiger charge is -2.18. The zero-order valence-corrected chi connectivity index (χ0v) is 14.6. The molecule has 0 amide bonds. The van der Waals surface area contributed by atoms with Crippen LogP contribution < -0.4 is 9.44 Å². The third-order valence-electron chi connectivity index (χ3n) is 3.00. The van der Waals surface area contributed by atoms with Crippen LogP contribution in [0.2, 0.25) is 0 Å². The Morgan fingerprint density at radius 3 is 1.96 bits per heavy atom. The molecule has 8 nitrogen and oxygen atoms in total. The highest BCUT2D eigenvalue weighted by Gasteiger charge is 2.30. The molecule has 10 heteroatoms. The number of nitrogens with one attached hydrogen (secondary N) is 2. The molecule has 0 unspecified atom stereocenters. The maximum absolute atomic E-state index is 12.4. The number of aliphatic carboxylic acids is 1. The Labute approximate surface area is 136 Å². The molecule has 0 saturated heterocycles. The molecule has 1 atom stereocenters. The monoisotopic (exact) mass is 364 g/mol. The minimum Gasteiger partial charge on any atom is -0.480 e. The van der Waals surface area contributed by atoms with Crippen molar-refractivity contribution in [3.05, 3.63) is 24.3 Å². The molecule has 0 aliphatic heterocycles. The Balaban J connectivity index is 3.32. The first-order chi connectivity index (χ1) is 10.5. The van der Waals surface area contributed by atoms with E-state index in [4.69, 9.17) is 5.11 Å². The van der Waals surface area contributed by atoms with Crippen LogP contribution in [-0.4, -0.2) is 41.0 Å². The van der Waals surface area contributed by atoms with Crippen LogP contribution in [0.4, 0.5) is 0 Å². The Hall–Kier alpha value is -1.49. The molecule has 0 fully saturated rings. The summed E-state index contributed by atoms with van der Waals surface area (Å²) in [5.74, 6) is -1.38. The normalized spacial score (nSPS) is 13.9. The average Bonchev–Trinajstić information content (AvgIpc) is 2.45. The van der Waals surface area contributed by atoms with Crippen LogP contribution in [0, 0.1) is 5.92 Å². The van der Waals surface area contributed by atoms with Gasteiger partial charge in [-0.1, -0.05) is 26.0 Å². The zero-order valence-electron chi connectivity index (χ0n) is 13.0. The first-order valence-corrected chi connectivity index (χ1v) is 9.75. The van der Waals surface area contributed by atoms with Gasteiger partial charge in [-0.15, -0.1) is 0 Å². The molecule has 130 valence electrons. The summed E-state index contributed by atoms with van der Waals surface area (Å²) in [6.45, 7) is 3.51. The number of hydrogen-bond acceptors (Lipinski definition) is 5. The molecule has 1 rings (SSSR count). The van der Waals surface area contributed by atoms with Gasteiger partial charge in [0.05, 0.1) is 0 Å². The fourth-order valence-corrected chi connectivity index (χ4v) is 4.68. The standard InChI is InChI=1S/C13H20N2O6S2/c1-9(2)8-10(13(16)17)15-23(20,21)12-7-5-4-6-11(12)22(18,19)14-3/h4-7,9-10,14-15H,8H2,1-3H3,(H,16,17)/t10-/m0/s1. The van der Waals surface area contributed by atoms with E-state index < -0.39 is 41.8 Å². The molecule has 0 aromatic heterocycles. The Bertz CT molecular complexity index is 771. The predicted octanol–water partition coefficient (Wildman–Crippen LogP) is 0.372. The first kappa shape index (κ1) is 19.6. The number of sulfonamides is 2. The summed E-state index contributed by atoms with van der Waals surface area (Å²) >= 11 is 0. The molecular weight excluding hydrogens is 344 g/mol. The molecule has 0 aliphatic carbocycles. The Morgan fingerprint density at radius 1 is 1.09 bits per heavy atom. The molecule has 0 radical (unpaired) electrons. The van der Waals surface area contributed by atoms with Gasteiger partial charge in [0, 0.05) is 0 Å². The maximum atomic E-state index is 12.4. The molecule has 3 N–H and O–H groups in total. The summed E-state index contributed by atoms with van der Waals surface area (Å²) in [5, 5.41) is 9.15. The van der Waals surface area contributed by atoms with Gasteiger partial charge >= 0.3 is 5.97 Å². The SMILES string of the molecule is CNS(=O)(=O)c1ccccc1S(=O)(=O)N[C@@H](CC(C)C)C(=O)O. The Morgan fingerprint density at radius 2 is 1.57 bits per heavy atom. The van der Waals surface area contributed by atoms with Gasteiger partial charge in [-0.05, 0) is 31.5 Å². The van der Waals surface area contributed by atoms with Gasteiger partial charge in [-0.3, -0.25) is 4.79 Å². The van der Waals surface area contributed by atoms with Crippen LogP contribution in [0.25, 0.3) is 0 Å². The van der Waals surface area contributed by atoms with Crippen molar-refractivity contribution in [2.24, 2.45) is 5.92 Å². The van der Waals surface area contributed by atoms with Crippen molar-refractivity contribution in [2.75, 3.05) is 7.05 Å². The summed E-state index contributed by atoms with van der Waals surface area (Å²) in [6, 6.07) is 3.65. The summed E-state index contributed by atoms with van der Waals surface area (Å²) in [5.41, 5.74) is 0. The van der Waals surface area contributed by atoms with Crippen LogP contribution in [0.3, 0.4) is 0 Å². The van der Waals surface area contributed by atoms with E-state index in [0.29, 0.717) is 0 Å². The molecule has 0 saturated carbocycles. The van der Waals surface area contributed by atoms with Gasteiger partial charge < -0.3 is 5.11 Å². The lowest BCUT2D eigenvalue weighted by atomic mass is 10.1. The van der Waals surface area contributed by atoms with Crippen molar-refractivity contribution in [2.45, 2.75) is 36.1 Å². The number of rotatable bonds is 8. The van der Waals surface area contributed by atoms with Crippen LogP contribution in [0.15, 0.2) is 34.1 Å². The first-order valence-electron chi connectivity index (χ1n) is 6.79. The fraction of sp³-hybridized carbons (Fsp3) is 0.462. The van der Waals surface area contributed by atoms with Crippen molar-refractivity contribution in [1.82, 2.24) is 9.44 Å². The predicted molar refractivity (Wildman–Crippen MR) is 83.9 cm³/mol. The van der Waals surface area contributed by atoms with E-state index in [1.165, 1.54) is 12.1 Å². The van der Waals surface area contributed by atoms with Crippen molar-refractivity contribution in [3.8, 4) is 0 Å². The van der Waals surface area contributed by atoms with E-state index in [-0.39, 0.29) is 12.3 Å². The molecule has 0 heterocycles. The van der Waals surface area contributed by atoms with E-state index in [0.717, 1.165) is 19.2 Å². The third kappa shape index (κ3) is 4.99. The lowest BCUT2D eigenvalue weighted by Crippen LogP contribution is -2.42. The minimum atomic E-state index is -4.32. The summed E-state index contributed by atoms with van der Waals surface area (Å²) in [4.78, 5) is 10.3. The minimum absolute atomic E-state index is 0.0601. The van der Waals surface area contributed by atoms with Crippen LogP contribution >= 0.6 is 0 Å². The lowest BCUT2D eigenvalue weighted by molar-refractivity contribution is -0.139. The molecule has 1 aromatic rings. The molecule has 1 aromatic carbocycles. The van der Waals surface area contributed by atoms with E-state index in [1.54, 1.807) is 13.8 Å². The van der Waals surface area contributed by atoms with E-state index >= 15 is 0 Å². The number of benzene rings is 1. The second kappa shape index (κ2) is 7.39. The second-order valence-corrected chi connectivity index (χ2v) is 8.83. The summed E-state index contributed by atoms with van der Waals surface area (Å²) in [6.07, 6.45) is 0.0789. The van der Waals surface area contributed by atoms with Crippen LogP contribution in [0.1, 0.15) is 20.3 Å². The van der Waals surface area contributed by atoms with E-state index in [2.05, 4.69) is 4.72 Å². The highest BCUT2D eigenvalue weighted by atomic mass is 32.2. The smallest absolute Gasteiger partial charge is 0.321 e.